The van der Waals surface area contributed by atoms with Crippen LogP contribution >= 0.6 is 0 Å². The molecule has 1 N–H and O–H groups in total. The number of aryl methyl sites for hydroxylation is 2. The molecule has 0 atom stereocenters. The molecule has 0 aliphatic heterocycles. The van der Waals surface area contributed by atoms with E-state index in [0.717, 1.165) is 42.6 Å². The molecule has 8 heteroatoms. The molecule has 0 fully saturated rings. The van der Waals surface area contributed by atoms with Crippen molar-refractivity contribution in [3.63, 3.8) is 0 Å². The van der Waals surface area contributed by atoms with E-state index >= 15 is 0 Å². The largest absolute Gasteiger partial charge is 0.480 e. The molecule has 0 saturated carbocycles. The molecule has 0 amide bonds. The summed E-state index contributed by atoms with van der Waals surface area (Å²) in [4.78, 5) is 12.5. The maximum atomic E-state index is 12.5. The molecule has 0 bridgehead atoms. The van der Waals surface area contributed by atoms with Crippen LogP contribution in [-0.2, 0) is 22.9 Å². The zero-order chi connectivity index (χ0) is 16.4. The topological polar surface area (TPSA) is 94.1 Å². The summed E-state index contributed by atoms with van der Waals surface area (Å²) in [6.07, 6.45) is 5.45. The second-order valence-electron chi connectivity index (χ2n) is 5.38. The summed E-state index contributed by atoms with van der Waals surface area (Å²) in [6, 6.07) is 2.97. The van der Waals surface area contributed by atoms with Crippen molar-refractivity contribution >= 4 is 16.0 Å². The Morgan fingerprint density at radius 1 is 1.22 bits per heavy atom. The zero-order valence-electron chi connectivity index (χ0n) is 13.0. The van der Waals surface area contributed by atoms with E-state index in [0.29, 0.717) is 0 Å². The Hall–Kier alpha value is -2.22. The summed E-state index contributed by atoms with van der Waals surface area (Å²) in [5, 5.41) is 0. The van der Waals surface area contributed by atoms with Crippen molar-refractivity contribution in [1.82, 2.24) is 15.0 Å². The minimum absolute atomic E-state index is 0.0367. The van der Waals surface area contributed by atoms with Gasteiger partial charge < -0.3 is 4.74 Å². The number of methoxy groups -OCH3 is 1. The number of fused-ring (bicyclic) bond motifs is 1. The number of rotatable bonds is 4. The van der Waals surface area contributed by atoms with Crippen molar-refractivity contribution in [2.75, 3.05) is 11.8 Å². The molecule has 2 aromatic heterocycles. The summed E-state index contributed by atoms with van der Waals surface area (Å²) in [7, 11) is -2.49. The highest BCUT2D eigenvalue weighted by atomic mass is 32.2. The molecule has 7 nitrogen and oxygen atoms in total. The fraction of sp³-hybridized carbons (Fsp3) is 0.400. The highest BCUT2D eigenvalue weighted by molar-refractivity contribution is 7.92. The Labute approximate surface area is 135 Å². The number of aromatic nitrogens is 3. The van der Waals surface area contributed by atoms with E-state index < -0.39 is 10.0 Å². The first kappa shape index (κ1) is 15.7. The molecule has 23 heavy (non-hydrogen) atoms. The first-order valence-electron chi connectivity index (χ1n) is 7.39. The molecule has 0 spiro atoms. The molecule has 2 heterocycles. The molecule has 3 rings (SSSR count). The zero-order valence-corrected chi connectivity index (χ0v) is 13.9. The Kier molecular flexibility index (Phi) is 4.16. The van der Waals surface area contributed by atoms with Crippen LogP contribution in [0.15, 0.2) is 23.2 Å². The summed E-state index contributed by atoms with van der Waals surface area (Å²) >= 11 is 0. The average Bonchev–Trinajstić information content (AvgIpc) is 2.54. The fourth-order valence-corrected chi connectivity index (χ4v) is 3.80. The highest BCUT2D eigenvalue weighted by Gasteiger charge is 2.23. The van der Waals surface area contributed by atoms with Crippen molar-refractivity contribution in [3.8, 4) is 5.88 Å². The van der Waals surface area contributed by atoms with Gasteiger partial charge >= 0.3 is 0 Å². The molecule has 0 aromatic carbocycles. The van der Waals surface area contributed by atoms with Gasteiger partial charge in [0.05, 0.1) is 7.11 Å². The van der Waals surface area contributed by atoms with Crippen molar-refractivity contribution in [1.29, 1.82) is 0 Å². The van der Waals surface area contributed by atoms with Gasteiger partial charge in [0, 0.05) is 17.6 Å². The van der Waals surface area contributed by atoms with Crippen molar-refractivity contribution < 1.29 is 13.2 Å². The van der Waals surface area contributed by atoms with E-state index in [9.17, 15) is 8.42 Å². The lowest BCUT2D eigenvalue weighted by Crippen LogP contribution is -2.19. The van der Waals surface area contributed by atoms with Crippen molar-refractivity contribution in [2.45, 2.75) is 37.5 Å². The molecule has 1 aliphatic rings. The third-order valence-corrected chi connectivity index (χ3v) is 5.18. The Morgan fingerprint density at radius 2 is 2.00 bits per heavy atom. The number of nitrogens with one attached hydrogen (secondary N) is 1. The van der Waals surface area contributed by atoms with Gasteiger partial charge in [0.25, 0.3) is 10.0 Å². The number of hydrogen-bond acceptors (Lipinski definition) is 6. The van der Waals surface area contributed by atoms with Gasteiger partial charge in [0.2, 0.25) is 11.8 Å². The van der Waals surface area contributed by atoms with Gasteiger partial charge in [0.15, 0.2) is 0 Å². The molecular weight excluding hydrogens is 316 g/mol. The van der Waals surface area contributed by atoms with Gasteiger partial charge in [-0.25, -0.2) is 28.1 Å². The van der Waals surface area contributed by atoms with Gasteiger partial charge in [-0.1, -0.05) is 0 Å². The van der Waals surface area contributed by atoms with Crippen LogP contribution in [0.1, 0.15) is 29.8 Å². The van der Waals surface area contributed by atoms with E-state index in [1.807, 2.05) is 6.92 Å². The number of anilines is 1. The summed E-state index contributed by atoms with van der Waals surface area (Å²) in [6.45, 7) is 1.88. The SMILES string of the molecule is COc1ncccc1S(=O)(=O)Nc1nc(C)c2c(n1)CCCC2. The predicted molar refractivity (Wildman–Crippen MR) is 85.0 cm³/mol. The standard InChI is InChI=1S/C15H18N4O3S/c1-10-11-6-3-4-7-12(11)18-15(17-10)19-23(20,21)13-8-5-9-16-14(13)22-2/h5,8-9H,3-4,6-7H2,1-2H3,(H,17,18,19). The minimum atomic E-state index is -3.86. The molecule has 2 aromatic rings. The fourth-order valence-electron chi connectivity index (χ4n) is 2.74. The normalized spacial score (nSPS) is 14.2. The van der Waals surface area contributed by atoms with E-state index in [1.54, 1.807) is 0 Å². The lowest BCUT2D eigenvalue weighted by Gasteiger charge is -2.18. The number of sulfonamides is 1. The van der Waals surface area contributed by atoms with Gasteiger partial charge in [-0.05, 0) is 50.3 Å². The lowest BCUT2D eigenvalue weighted by atomic mass is 9.95. The number of nitrogens with zero attached hydrogens (tertiary/aromatic N) is 3. The third-order valence-electron chi connectivity index (χ3n) is 3.83. The first-order chi connectivity index (χ1) is 11.0. The Balaban J connectivity index is 1.96. The van der Waals surface area contributed by atoms with Crippen LogP contribution in [0.3, 0.4) is 0 Å². The molecular formula is C15H18N4O3S. The highest BCUT2D eigenvalue weighted by Crippen LogP contribution is 2.25. The number of ether oxygens (including phenoxy) is 1. The number of pyridine rings is 1. The van der Waals surface area contributed by atoms with Crippen molar-refractivity contribution in [2.24, 2.45) is 0 Å². The molecule has 0 unspecified atom stereocenters. The van der Waals surface area contributed by atoms with Gasteiger partial charge in [-0.15, -0.1) is 0 Å². The van der Waals surface area contributed by atoms with Crippen LogP contribution in [0, 0.1) is 6.92 Å². The Bertz CT molecular complexity index is 837. The molecule has 1 aliphatic carbocycles. The van der Waals surface area contributed by atoms with Crippen LogP contribution in [0.4, 0.5) is 5.95 Å². The second kappa shape index (κ2) is 6.11. The molecule has 0 radical (unpaired) electrons. The minimum Gasteiger partial charge on any atom is -0.480 e. The molecule has 0 saturated heterocycles. The third kappa shape index (κ3) is 3.12. The Morgan fingerprint density at radius 3 is 2.78 bits per heavy atom. The average molecular weight is 334 g/mol. The summed E-state index contributed by atoms with van der Waals surface area (Å²) < 4.78 is 32.5. The predicted octanol–water partition coefficient (Wildman–Crippen LogP) is 1.87. The smallest absolute Gasteiger partial charge is 0.269 e. The quantitative estimate of drug-likeness (QED) is 0.917. The maximum Gasteiger partial charge on any atom is 0.269 e. The van der Waals surface area contributed by atoms with Gasteiger partial charge in [-0.3, -0.25) is 0 Å². The van der Waals surface area contributed by atoms with E-state index in [4.69, 9.17) is 4.74 Å². The van der Waals surface area contributed by atoms with Crippen LogP contribution in [0.2, 0.25) is 0 Å². The van der Waals surface area contributed by atoms with Crippen LogP contribution in [-0.4, -0.2) is 30.5 Å². The monoisotopic (exact) mass is 334 g/mol. The van der Waals surface area contributed by atoms with Gasteiger partial charge in [-0.2, -0.15) is 0 Å². The van der Waals surface area contributed by atoms with Crippen LogP contribution in [0.5, 0.6) is 5.88 Å². The molecule has 122 valence electrons. The van der Waals surface area contributed by atoms with Crippen LogP contribution < -0.4 is 9.46 Å². The van der Waals surface area contributed by atoms with E-state index in [1.165, 1.54) is 25.4 Å². The van der Waals surface area contributed by atoms with E-state index in [-0.39, 0.29) is 16.7 Å². The van der Waals surface area contributed by atoms with Crippen molar-refractivity contribution in [3.05, 3.63) is 35.3 Å². The first-order valence-corrected chi connectivity index (χ1v) is 8.88. The summed E-state index contributed by atoms with van der Waals surface area (Å²) in [5.74, 6) is 0.128. The lowest BCUT2D eigenvalue weighted by molar-refractivity contribution is 0.385. The maximum absolute atomic E-state index is 12.5. The van der Waals surface area contributed by atoms with E-state index in [2.05, 4.69) is 19.7 Å². The second-order valence-corrected chi connectivity index (χ2v) is 7.03. The van der Waals surface area contributed by atoms with Gasteiger partial charge in [0.1, 0.15) is 4.90 Å². The number of hydrogen-bond donors (Lipinski definition) is 1. The summed E-state index contributed by atoms with van der Waals surface area (Å²) in [5.41, 5.74) is 2.89. The van der Waals surface area contributed by atoms with Crippen LogP contribution in [0.25, 0.3) is 0 Å².